The number of carbonyl (C=O) groups excluding carboxylic acids is 2. The molecule has 158 valence electrons. The van der Waals surface area contributed by atoms with E-state index in [1.165, 1.54) is 29.9 Å². The highest BCUT2D eigenvalue weighted by Crippen LogP contribution is 2.25. The molecule has 0 bridgehead atoms. The summed E-state index contributed by atoms with van der Waals surface area (Å²) in [4.78, 5) is 42.0. The molecule has 1 unspecified atom stereocenters. The van der Waals surface area contributed by atoms with E-state index in [1.54, 1.807) is 6.20 Å². The minimum absolute atomic E-state index is 0.0249. The summed E-state index contributed by atoms with van der Waals surface area (Å²) in [5.74, 6) is -0.323. The van der Waals surface area contributed by atoms with Crippen LogP contribution in [0.5, 0.6) is 0 Å². The van der Waals surface area contributed by atoms with E-state index in [-0.39, 0.29) is 36.2 Å². The van der Waals surface area contributed by atoms with E-state index < -0.39 is 0 Å². The van der Waals surface area contributed by atoms with Crippen LogP contribution < -0.4 is 0 Å². The van der Waals surface area contributed by atoms with Crippen molar-refractivity contribution in [3.63, 3.8) is 0 Å². The second-order valence-corrected chi connectivity index (χ2v) is 7.87. The summed E-state index contributed by atoms with van der Waals surface area (Å²) in [5, 5.41) is 0. The first-order valence-corrected chi connectivity index (χ1v) is 10.6. The highest BCUT2D eigenvalue weighted by molar-refractivity contribution is 5.95. The Hall–Kier alpha value is -2.87. The van der Waals surface area contributed by atoms with Crippen molar-refractivity contribution in [1.82, 2.24) is 24.8 Å². The lowest BCUT2D eigenvalue weighted by Gasteiger charge is -2.34. The number of hydrogen-bond acceptors (Lipinski definition) is 6. The lowest BCUT2D eigenvalue weighted by molar-refractivity contribution is -0.134. The van der Waals surface area contributed by atoms with Gasteiger partial charge in [-0.05, 0) is 25.0 Å². The number of aromatic nitrogens is 3. The van der Waals surface area contributed by atoms with Crippen LogP contribution in [0, 0.1) is 0 Å². The predicted octanol–water partition coefficient (Wildman–Crippen LogP) is 2.07. The van der Waals surface area contributed by atoms with Gasteiger partial charge in [0.1, 0.15) is 12.2 Å². The van der Waals surface area contributed by atoms with Gasteiger partial charge in [-0.3, -0.25) is 19.6 Å². The maximum Gasteiger partial charge on any atom is 0.274 e. The van der Waals surface area contributed by atoms with Gasteiger partial charge in [-0.15, -0.1) is 0 Å². The lowest BCUT2D eigenvalue weighted by Crippen LogP contribution is -2.46. The standard InChI is InChI=1S/C22H27N5O3/c28-21-15-26(22(29)20-12-23-10-11-25-20)13-19(30-16-17-6-4-5-9-24-17)14-27(21)18-7-2-1-3-8-18/h4-6,9-12,18-19H,1-3,7-8,13-16H2. The normalized spacial score (nSPS) is 20.8. The third-order valence-corrected chi connectivity index (χ3v) is 5.75. The molecule has 0 radical (unpaired) electrons. The summed E-state index contributed by atoms with van der Waals surface area (Å²) in [6.07, 6.45) is 11.4. The van der Waals surface area contributed by atoms with Crippen molar-refractivity contribution in [3.8, 4) is 0 Å². The zero-order valence-electron chi connectivity index (χ0n) is 17.0. The molecule has 8 nitrogen and oxygen atoms in total. The number of nitrogens with zero attached hydrogens (tertiary/aromatic N) is 5. The molecule has 3 heterocycles. The Labute approximate surface area is 176 Å². The molecule has 0 aromatic carbocycles. The first-order chi connectivity index (χ1) is 14.7. The number of rotatable bonds is 5. The molecule has 2 aromatic rings. The monoisotopic (exact) mass is 409 g/mol. The molecule has 1 saturated heterocycles. The second-order valence-electron chi connectivity index (χ2n) is 7.87. The number of ether oxygens (including phenoxy) is 1. The highest BCUT2D eigenvalue weighted by atomic mass is 16.5. The first-order valence-electron chi connectivity index (χ1n) is 10.6. The van der Waals surface area contributed by atoms with Crippen LogP contribution in [0.15, 0.2) is 43.0 Å². The van der Waals surface area contributed by atoms with Crippen molar-refractivity contribution in [2.24, 2.45) is 0 Å². The molecule has 2 amide bonds. The summed E-state index contributed by atoms with van der Waals surface area (Å²) < 4.78 is 6.15. The van der Waals surface area contributed by atoms with Crippen LogP contribution >= 0.6 is 0 Å². The molecular weight excluding hydrogens is 382 g/mol. The second kappa shape index (κ2) is 9.75. The van der Waals surface area contributed by atoms with Crippen LogP contribution in [0.4, 0.5) is 0 Å². The van der Waals surface area contributed by atoms with E-state index in [1.807, 2.05) is 23.1 Å². The number of pyridine rings is 1. The fourth-order valence-corrected chi connectivity index (χ4v) is 4.21. The van der Waals surface area contributed by atoms with Gasteiger partial charge in [-0.1, -0.05) is 25.3 Å². The largest absolute Gasteiger partial charge is 0.368 e. The number of amides is 2. The third kappa shape index (κ3) is 4.99. The molecule has 0 N–H and O–H groups in total. The maximum absolute atomic E-state index is 13.1. The molecule has 0 spiro atoms. The van der Waals surface area contributed by atoms with E-state index >= 15 is 0 Å². The van der Waals surface area contributed by atoms with Crippen LogP contribution in [-0.4, -0.2) is 68.3 Å². The lowest BCUT2D eigenvalue weighted by atomic mass is 9.94. The van der Waals surface area contributed by atoms with Gasteiger partial charge in [-0.2, -0.15) is 0 Å². The summed E-state index contributed by atoms with van der Waals surface area (Å²) >= 11 is 0. The molecule has 1 atom stereocenters. The predicted molar refractivity (Wildman–Crippen MR) is 109 cm³/mol. The van der Waals surface area contributed by atoms with E-state index in [2.05, 4.69) is 15.0 Å². The smallest absolute Gasteiger partial charge is 0.274 e. The Morgan fingerprint density at radius 3 is 2.67 bits per heavy atom. The quantitative estimate of drug-likeness (QED) is 0.751. The SMILES string of the molecule is O=C(c1cnccn1)N1CC(=O)N(C2CCCCC2)CC(OCc2ccccn2)C1. The average molecular weight is 409 g/mol. The summed E-state index contributed by atoms with van der Waals surface area (Å²) in [7, 11) is 0. The molecule has 1 saturated carbocycles. The average Bonchev–Trinajstić information content (AvgIpc) is 2.98. The van der Waals surface area contributed by atoms with E-state index in [0.29, 0.717) is 19.7 Å². The zero-order valence-corrected chi connectivity index (χ0v) is 17.0. The zero-order chi connectivity index (χ0) is 20.8. The van der Waals surface area contributed by atoms with Crippen molar-refractivity contribution in [1.29, 1.82) is 0 Å². The topological polar surface area (TPSA) is 88.5 Å². The molecular formula is C22H27N5O3. The van der Waals surface area contributed by atoms with Gasteiger partial charge in [0.2, 0.25) is 5.91 Å². The van der Waals surface area contributed by atoms with Crippen molar-refractivity contribution in [3.05, 3.63) is 54.4 Å². The highest BCUT2D eigenvalue weighted by Gasteiger charge is 2.35. The van der Waals surface area contributed by atoms with E-state index in [9.17, 15) is 9.59 Å². The Bertz CT molecular complexity index is 842. The van der Waals surface area contributed by atoms with Crippen LogP contribution in [0.25, 0.3) is 0 Å². The van der Waals surface area contributed by atoms with Gasteiger partial charge in [0, 0.05) is 37.7 Å². The van der Waals surface area contributed by atoms with Gasteiger partial charge >= 0.3 is 0 Å². The first kappa shape index (κ1) is 20.4. The molecule has 2 aromatic heterocycles. The van der Waals surface area contributed by atoms with Gasteiger partial charge in [0.05, 0.1) is 24.6 Å². The van der Waals surface area contributed by atoms with Crippen molar-refractivity contribution in [2.75, 3.05) is 19.6 Å². The fraction of sp³-hybridized carbons (Fsp3) is 0.500. The van der Waals surface area contributed by atoms with Gasteiger partial charge in [-0.25, -0.2) is 4.98 Å². The van der Waals surface area contributed by atoms with Gasteiger partial charge in [0.15, 0.2) is 0 Å². The third-order valence-electron chi connectivity index (χ3n) is 5.75. The molecule has 4 rings (SSSR count). The van der Waals surface area contributed by atoms with Crippen molar-refractivity contribution in [2.45, 2.75) is 50.9 Å². The molecule has 2 fully saturated rings. The number of carbonyl (C=O) groups is 2. The van der Waals surface area contributed by atoms with Gasteiger partial charge in [0.25, 0.3) is 5.91 Å². The Balaban J connectivity index is 1.52. The molecule has 2 aliphatic rings. The molecule has 30 heavy (non-hydrogen) atoms. The maximum atomic E-state index is 13.1. The van der Waals surface area contributed by atoms with Crippen molar-refractivity contribution >= 4 is 11.8 Å². The minimum atomic E-state index is -0.298. The van der Waals surface area contributed by atoms with E-state index in [4.69, 9.17) is 4.74 Å². The van der Waals surface area contributed by atoms with Crippen LogP contribution in [-0.2, 0) is 16.1 Å². The molecule has 8 heteroatoms. The van der Waals surface area contributed by atoms with Crippen LogP contribution in [0.1, 0.15) is 48.3 Å². The Morgan fingerprint density at radius 1 is 1.07 bits per heavy atom. The van der Waals surface area contributed by atoms with Gasteiger partial charge < -0.3 is 14.5 Å². The molecule has 1 aliphatic heterocycles. The Morgan fingerprint density at radius 2 is 1.93 bits per heavy atom. The summed E-state index contributed by atoms with van der Waals surface area (Å²) in [5.41, 5.74) is 1.06. The summed E-state index contributed by atoms with van der Waals surface area (Å²) in [6.45, 7) is 1.19. The molecule has 1 aliphatic carbocycles. The fourth-order valence-electron chi connectivity index (χ4n) is 4.21. The van der Waals surface area contributed by atoms with Crippen LogP contribution in [0.2, 0.25) is 0 Å². The van der Waals surface area contributed by atoms with Crippen molar-refractivity contribution < 1.29 is 14.3 Å². The number of hydrogen-bond donors (Lipinski definition) is 0. The minimum Gasteiger partial charge on any atom is -0.368 e. The van der Waals surface area contributed by atoms with Crippen LogP contribution in [0.3, 0.4) is 0 Å². The Kier molecular flexibility index (Phi) is 6.63. The van der Waals surface area contributed by atoms with E-state index in [0.717, 1.165) is 31.4 Å². The summed E-state index contributed by atoms with van der Waals surface area (Å²) in [6, 6.07) is 5.91.